The van der Waals surface area contributed by atoms with Crippen molar-refractivity contribution in [3.8, 4) is 0 Å². The number of anilines is 1. The van der Waals surface area contributed by atoms with E-state index in [1.807, 2.05) is 0 Å². The maximum Gasteiger partial charge on any atom is 0.0370 e. The fourth-order valence-electron chi connectivity index (χ4n) is 3.22. The van der Waals surface area contributed by atoms with Crippen molar-refractivity contribution in [2.45, 2.75) is 26.9 Å². The van der Waals surface area contributed by atoms with E-state index in [2.05, 4.69) is 47.2 Å². The summed E-state index contributed by atoms with van der Waals surface area (Å²) in [7, 11) is 0. The zero-order valence-electron chi connectivity index (χ0n) is 12.2. The number of nitrogens with zero attached hydrogens (tertiary/aromatic N) is 2. The quantitative estimate of drug-likeness (QED) is 0.896. The molecule has 0 bridgehead atoms. The second-order valence-corrected chi connectivity index (χ2v) is 6.25. The lowest BCUT2D eigenvalue weighted by molar-refractivity contribution is 0.251. The fourth-order valence-corrected chi connectivity index (χ4v) is 3.22. The number of hydrogen-bond donors (Lipinski definition) is 1. The summed E-state index contributed by atoms with van der Waals surface area (Å²) in [5.41, 5.74) is 4.47. The smallest absolute Gasteiger partial charge is 0.0370 e. The Hall–Kier alpha value is -1.06. The van der Waals surface area contributed by atoms with Crippen LogP contribution in [-0.4, -0.2) is 37.6 Å². The minimum absolute atomic E-state index is 0.752. The average Bonchev–Trinajstić information content (AvgIpc) is 2.79. The van der Waals surface area contributed by atoms with Crippen LogP contribution in [-0.2, 0) is 13.1 Å². The Bertz CT molecular complexity index is 436. The topological polar surface area (TPSA) is 18.5 Å². The SMILES string of the molecule is CC(C)CN1Cc2ccc(N3CCNCC3)cc2C1. The summed E-state index contributed by atoms with van der Waals surface area (Å²) >= 11 is 0. The first-order valence-corrected chi connectivity index (χ1v) is 7.52. The lowest BCUT2D eigenvalue weighted by Crippen LogP contribution is -2.43. The predicted octanol–water partition coefficient (Wildman–Crippen LogP) is 2.07. The van der Waals surface area contributed by atoms with Gasteiger partial charge in [0, 0.05) is 51.5 Å². The highest BCUT2D eigenvalue weighted by molar-refractivity contribution is 5.52. The van der Waals surface area contributed by atoms with E-state index in [4.69, 9.17) is 0 Å². The minimum Gasteiger partial charge on any atom is -0.369 e. The van der Waals surface area contributed by atoms with E-state index in [0.29, 0.717) is 0 Å². The molecule has 0 atom stereocenters. The van der Waals surface area contributed by atoms with Crippen molar-refractivity contribution in [1.29, 1.82) is 0 Å². The lowest BCUT2D eigenvalue weighted by atomic mass is 10.1. The van der Waals surface area contributed by atoms with Crippen LogP contribution < -0.4 is 10.2 Å². The summed E-state index contributed by atoms with van der Waals surface area (Å²) < 4.78 is 0. The zero-order chi connectivity index (χ0) is 13.2. The molecule has 2 aliphatic heterocycles. The number of hydrogen-bond acceptors (Lipinski definition) is 3. The molecule has 1 aromatic carbocycles. The molecule has 19 heavy (non-hydrogen) atoms. The lowest BCUT2D eigenvalue weighted by Gasteiger charge is -2.29. The van der Waals surface area contributed by atoms with E-state index >= 15 is 0 Å². The molecule has 0 unspecified atom stereocenters. The third-order valence-corrected chi connectivity index (χ3v) is 4.08. The molecular weight excluding hydrogens is 234 g/mol. The number of benzene rings is 1. The van der Waals surface area contributed by atoms with Gasteiger partial charge in [-0.25, -0.2) is 0 Å². The van der Waals surface area contributed by atoms with Crippen LogP contribution in [0.15, 0.2) is 18.2 Å². The van der Waals surface area contributed by atoms with Crippen molar-refractivity contribution in [2.24, 2.45) is 5.92 Å². The van der Waals surface area contributed by atoms with Gasteiger partial charge in [0.2, 0.25) is 0 Å². The van der Waals surface area contributed by atoms with Crippen molar-refractivity contribution in [2.75, 3.05) is 37.6 Å². The van der Waals surface area contributed by atoms with Gasteiger partial charge in [0.05, 0.1) is 0 Å². The first-order chi connectivity index (χ1) is 9.22. The maximum absolute atomic E-state index is 3.42. The Morgan fingerprint density at radius 2 is 1.84 bits per heavy atom. The molecule has 3 heteroatoms. The third kappa shape index (κ3) is 2.93. The summed E-state index contributed by atoms with van der Waals surface area (Å²) in [5.74, 6) is 0.752. The molecule has 0 aliphatic carbocycles. The molecule has 2 heterocycles. The Labute approximate surface area is 116 Å². The molecule has 3 nitrogen and oxygen atoms in total. The van der Waals surface area contributed by atoms with E-state index in [1.54, 1.807) is 0 Å². The predicted molar refractivity (Wildman–Crippen MR) is 80.5 cm³/mol. The largest absolute Gasteiger partial charge is 0.369 e. The van der Waals surface area contributed by atoms with Crippen molar-refractivity contribution in [1.82, 2.24) is 10.2 Å². The Morgan fingerprint density at radius 3 is 2.58 bits per heavy atom. The summed E-state index contributed by atoms with van der Waals surface area (Å²) in [6.45, 7) is 12.6. The van der Waals surface area contributed by atoms with Gasteiger partial charge in [-0.1, -0.05) is 19.9 Å². The van der Waals surface area contributed by atoms with Gasteiger partial charge >= 0.3 is 0 Å². The van der Waals surface area contributed by atoms with Gasteiger partial charge in [-0.15, -0.1) is 0 Å². The molecule has 1 fully saturated rings. The molecule has 1 saturated heterocycles. The van der Waals surface area contributed by atoms with Gasteiger partial charge in [0.25, 0.3) is 0 Å². The molecule has 0 radical (unpaired) electrons. The van der Waals surface area contributed by atoms with E-state index < -0.39 is 0 Å². The molecule has 0 saturated carbocycles. The van der Waals surface area contributed by atoms with Crippen LogP contribution in [0, 0.1) is 5.92 Å². The summed E-state index contributed by atoms with van der Waals surface area (Å²) in [4.78, 5) is 5.07. The van der Waals surface area contributed by atoms with Gasteiger partial charge < -0.3 is 10.2 Å². The van der Waals surface area contributed by atoms with Gasteiger partial charge in [-0.3, -0.25) is 4.90 Å². The Kier molecular flexibility index (Phi) is 3.76. The fraction of sp³-hybridized carbons (Fsp3) is 0.625. The van der Waals surface area contributed by atoms with Crippen molar-refractivity contribution in [3.63, 3.8) is 0 Å². The monoisotopic (exact) mass is 259 g/mol. The van der Waals surface area contributed by atoms with E-state index in [1.165, 1.54) is 23.4 Å². The first kappa shape index (κ1) is 12.9. The number of piperazine rings is 1. The van der Waals surface area contributed by atoms with Crippen molar-refractivity contribution < 1.29 is 0 Å². The Morgan fingerprint density at radius 1 is 1.11 bits per heavy atom. The normalized spacial score (nSPS) is 20.1. The Balaban J connectivity index is 1.71. The highest BCUT2D eigenvalue weighted by Gasteiger charge is 2.21. The number of rotatable bonds is 3. The van der Waals surface area contributed by atoms with Crippen LogP contribution >= 0.6 is 0 Å². The van der Waals surface area contributed by atoms with E-state index in [0.717, 1.165) is 45.2 Å². The molecule has 2 aliphatic rings. The molecular formula is C16H25N3. The highest BCUT2D eigenvalue weighted by Crippen LogP contribution is 2.28. The molecule has 104 valence electrons. The second kappa shape index (κ2) is 5.51. The second-order valence-electron chi connectivity index (χ2n) is 6.25. The van der Waals surface area contributed by atoms with Crippen LogP contribution in [0.4, 0.5) is 5.69 Å². The van der Waals surface area contributed by atoms with Crippen LogP contribution in [0.1, 0.15) is 25.0 Å². The van der Waals surface area contributed by atoms with Gasteiger partial charge in [0.15, 0.2) is 0 Å². The summed E-state index contributed by atoms with van der Waals surface area (Å²) in [6.07, 6.45) is 0. The van der Waals surface area contributed by atoms with E-state index in [9.17, 15) is 0 Å². The molecule has 0 amide bonds. The van der Waals surface area contributed by atoms with Crippen molar-refractivity contribution >= 4 is 5.69 Å². The van der Waals surface area contributed by atoms with Crippen molar-refractivity contribution in [3.05, 3.63) is 29.3 Å². The molecule has 0 aromatic heterocycles. The van der Waals surface area contributed by atoms with Gasteiger partial charge in [0.1, 0.15) is 0 Å². The molecule has 0 spiro atoms. The summed E-state index contributed by atoms with van der Waals surface area (Å²) in [6, 6.07) is 7.07. The van der Waals surface area contributed by atoms with Crippen LogP contribution in [0.2, 0.25) is 0 Å². The van der Waals surface area contributed by atoms with Gasteiger partial charge in [-0.05, 0) is 29.2 Å². The summed E-state index contributed by atoms with van der Waals surface area (Å²) in [5, 5.41) is 3.42. The standard InChI is InChI=1S/C16H25N3/c1-13(2)10-18-11-14-3-4-16(9-15(14)12-18)19-7-5-17-6-8-19/h3-4,9,13,17H,5-8,10-12H2,1-2H3. The minimum atomic E-state index is 0.752. The number of nitrogens with one attached hydrogen (secondary N) is 1. The van der Waals surface area contributed by atoms with Crippen LogP contribution in [0.25, 0.3) is 0 Å². The molecule has 1 N–H and O–H groups in total. The van der Waals surface area contributed by atoms with E-state index in [-0.39, 0.29) is 0 Å². The molecule has 3 rings (SSSR count). The first-order valence-electron chi connectivity index (χ1n) is 7.52. The van der Waals surface area contributed by atoms with Crippen LogP contribution in [0.5, 0.6) is 0 Å². The average molecular weight is 259 g/mol. The van der Waals surface area contributed by atoms with Gasteiger partial charge in [-0.2, -0.15) is 0 Å². The van der Waals surface area contributed by atoms with Crippen LogP contribution in [0.3, 0.4) is 0 Å². The highest BCUT2D eigenvalue weighted by atomic mass is 15.2. The maximum atomic E-state index is 3.42. The molecule has 1 aromatic rings. The number of fused-ring (bicyclic) bond motifs is 1. The zero-order valence-corrected chi connectivity index (χ0v) is 12.2. The third-order valence-electron chi connectivity index (χ3n) is 4.08.